The zero-order chi connectivity index (χ0) is 16.2. The van der Waals surface area contributed by atoms with Crippen molar-refractivity contribution in [3.8, 4) is 6.07 Å². The highest BCUT2D eigenvalue weighted by molar-refractivity contribution is 7.16. The molecule has 1 aromatic heterocycles. The molecule has 0 radical (unpaired) electrons. The number of aryl methyl sites for hydroxylation is 1. The quantitative estimate of drug-likeness (QED) is 0.891. The fraction of sp³-hybridized carbons (Fsp3) is 0.294. The number of carbonyl (C=O) groups excluding carboxylic acids is 1. The summed E-state index contributed by atoms with van der Waals surface area (Å²) in [6.45, 7) is 1.64. The third-order valence-corrected chi connectivity index (χ3v) is 5.39. The van der Waals surface area contributed by atoms with E-state index in [4.69, 9.17) is 11.6 Å². The second-order valence-corrected chi connectivity index (χ2v) is 6.90. The molecule has 6 heteroatoms. The van der Waals surface area contributed by atoms with E-state index in [9.17, 15) is 10.1 Å². The molecule has 1 aliphatic rings. The van der Waals surface area contributed by atoms with Gasteiger partial charge < -0.3 is 10.6 Å². The van der Waals surface area contributed by atoms with Crippen LogP contribution < -0.4 is 10.6 Å². The van der Waals surface area contributed by atoms with Gasteiger partial charge in [0.1, 0.15) is 11.1 Å². The molecule has 0 atom stereocenters. The zero-order valence-electron chi connectivity index (χ0n) is 12.5. The topological polar surface area (TPSA) is 64.9 Å². The summed E-state index contributed by atoms with van der Waals surface area (Å²) in [5, 5.41) is 16.9. The number of rotatable bonds is 4. The van der Waals surface area contributed by atoms with Gasteiger partial charge in [-0.3, -0.25) is 4.79 Å². The van der Waals surface area contributed by atoms with E-state index in [2.05, 4.69) is 16.7 Å². The number of nitrogens with zero attached hydrogens (tertiary/aromatic N) is 1. The Kier molecular flexibility index (Phi) is 4.97. The minimum Gasteiger partial charge on any atom is -0.317 e. The van der Waals surface area contributed by atoms with Crippen molar-refractivity contribution in [1.82, 2.24) is 5.32 Å². The van der Waals surface area contributed by atoms with Crippen LogP contribution in [0.2, 0.25) is 5.02 Å². The van der Waals surface area contributed by atoms with E-state index in [-0.39, 0.29) is 5.91 Å². The normalized spacial score (nSPS) is 13.2. The lowest BCUT2D eigenvalue weighted by molar-refractivity contribution is -0.116. The van der Waals surface area contributed by atoms with Crippen LogP contribution in [0.15, 0.2) is 24.3 Å². The smallest absolute Gasteiger partial charge is 0.225 e. The van der Waals surface area contributed by atoms with Crippen LogP contribution in [0, 0.1) is 11.3 Å². The Morgan fingerprint density at radius 1 is 1.43 bits per heavy atom. The number of amides is 1. The van der Waals surface area contributed by atoms with Crippen LogP contribution in [0.4, 0.5) is 5.00 Å². The minimum absolute atomic E-state index is 0.0898. The summed E-state index contributed by atoms with van der Waals surface area (Å²) in [5.74, 6) is -0.0898. The molecule has 2 N–H and O–H groups in total. The maximum Gasteiger partial charge on any atom is 0.225 e. The van der Waals surface area contributed by atoms with E-state index in [1.807, 2.05) is 24.3 Å². The average molecular weight is 346 g/mol. The molecule has 4 nitrogen and oxygen atoms in total. The fourth-order valence-electron chi connectivity index (χ4n) is 2.68. The highest BCUT2D eigenvalue weighted by Crippen LogP contribution is 2.34. The Hall–Kier alpha value is -1.87. The standard InChI is InChI=1S/C17H16ClN3OS/c18-14-4-2-1-3-11(14)5-6-16(22)21-17-13(9-19)12-7-8-20-10-15(12)23-17/h1-4,20H,5-8,10H2,(H,21,22). The number of thiophene rings is 1. The van der Waals surface area contributed by atoms with Crippen molar-refractivity contribution in [3.63, 3.8) is 0 Å². The predicted molar refractivity (Wildman–Crippen MR) is 92.8 cm³/mol. The SMILES string of the molecule is N#Cc1c(NC(=O)CCc2ccccc2Cl)sc2c1CCNC2. The first-order valence-electron chi connectivity index (χ1n) is 7.47. The van der Waals surface area contributed by atoms with E-state index in [0.717, 1.165) is 35.5 Å². The van der Waals surface area contributed by atoms with Gasteiger partial charge in [0, 0.05) is 22.9 Å². The number of anilines is 1. The van der Waals surface area contributed by atoms with Gasteiger partial charge in [-0.2, -0.15) is 5.26 Å². The summed E-state index contributed by atoms with van der Waals surface area (Å²) in [4.78, 5) is 13.4. The van der Waals surface area contributed by atoms with Gasteiger partial charge in [-0.15, -0.1) is 11.3 Å². The zero-order valence-corrected chi connectivity index (χ0v) is 14.1. The lowest BCUT2D eigenvalue weighted by Gasteiger charge is -2.11. The number of hydrogen-bond acceptors (Lipinski definition) is 4. The maximum atomic E-state index is 12.2. The van der Waals surface area contributed by atoms with Gasteiger partial charge in [-0.25, -0.2) is 0 Å². The first-order chi connectivity index (χ1) is 11.2. The van der Waals surface area contributed by atoms with E-state index in [1.165, 1.54) is 11.3 Å². The first-order valence-corrected chi connectivity index (χ1v) is 8.67. The number of halogens is 1. The molecule has 1 aromatic carbocycles. The van der Waals surface area contributed by atoms with E-state index in [0.29, 0.717) is 28.4 Å². The molecule has 23 heavy (non-hydrogen) atoms. The van der Waals surface area contributed by atoms with Crippen LogP contribution in [-0.2, 0) is 24.2 Å². The Balaban J connectivity index is 1.68. The Labute approximate surface area is 144 Å². The third-order valence-electron chi connectivity index (χ3n) is 3.87. The monoisotopic (exact) mass is 345 g/mol. The number of nitrogens with one attached hydrogen (secondary N) is 2. The molecule has 0 saturated heterocycles. The summed E-state index contributed by atoms with van der Waals surface area (Å²) >= 11 is 7.60. The van der Waals surface area contributed by atoms with Gasteiger partial charge in [0.15, 0.2) is 0 Å². The highest BCUT2D eigenvalue weighted by Gasteiger charge is 2.21. The Morgan fingerprint density at radius 2 is 2.26 bits per heavy atom. The van der Waals surface area contributed by atoms with E-state index < -0.39 is 0 Å². The minimum atomic E-state index is -0.0898. The maximum absolute atomic E-state index is 12.2. The highest BCUT2D eigenvalue weighted by atomic mass is 35.5. The van der Waals surface area contributed by atoms with Crippen molar-refractivity contribution < 1.29 is 4.79 Å². The largest absolute Gasteiger partial charge is 0.317 e. The van der Waals surface area contributed by atoms with Crippen LogP contribution in [0.25, 0.3) is 0 Å². The van der Waals surface area contributed by atoms with E-state index >= 15 is 0 Å². The van der Waals surface area contributed by atoms with Crippen LogP contribution in [0.5, 0.6) is 0 Å². The van der Waals surface area contributed by atoms with Gasteiger partial charge in [0.2, 0.25) is 5.91 Å². The summed E-state index contributed by atoms with van der Waals surface area (Å²) in [7, 11) is 0. The third kappa shape index (κ3) is 3.56. The van der Waals surface area contributed by atoms with Gasteiger partial charge >= 0.3 is 0 Å². The first kappa shape index (κ1) is 16.0. The number of benzene rings is 1. The molecular weight excluding hydrogens is 330 g/mol. The van der Waals surface area contributed by atoms with Crippen molar-refractivity contribution in [2.75, 3.05) is 11.9 Å². The lowest BCUT2D eigenvalue weighted by atomic mass is 10.0. The van der Waals surface area contributed by atoms with Crippen molar-refractivity contribution in [2.45, 2.75) is 25.8 Å². The molecule has 3 rings (SSSR count). The van der Waals surface area contributed by atoms with Gasteiger partial charge in [0.05, 0.1) is 5.56 Å². The second-order valence-electron chi connectivity index (χ2n) is 5.39. The van der Waals surface area contributed by atoms with Crippen LogP contribution in [0.3, 0.4) is 0 Å². The van der Waals surface area contributed by atoms with Crippen molar-refractivity contribution in [2.24, 2.45) is 0 Å². The molecule has 0 unspecified atom stereocenters. The van der Waals surface area contributed by atoms with Crippen LogP contribution in [-0.4, -0.2) is 12.5 Å². The molecule has 0 spiro atoms. The number of carbonyl (C=O) groups is 1. The molecule has 0 saturated carbocycles. The number of nitriles is 1. The van der Waals surface area contributed by atoms with Gasteiger partial charge in [0.25, 0.3) is 0 Å². The van der Waals surface area contributed by atoms with E-state index in [1.54, 1.807) is 0 Å². The molecule has 118 valence electrons. The van der Waals surface area contributed by atoms with Gasteiger partial charge in [-0.05, 0) is 36.6 Å². The Bertz CT molecular complexity index is 779. The average Bonchev–Trinajstić information content (AvgIpc) is 2.91. The molecular formula is C17H16ClN3OS. The van der Waals surface area contributed by atoms with Crippen molar-refractivity contribution in [3.05, 3.63) is 50.9 Å². The summed E-state index contributed by atoms with van der Waals surface area (Å²) in [5.41, 5.74) is 2.66. The summed E-state index contributed by atoms with van der Waals surface area (Å²) in [6, 6.07) is 9.76. The Morgan fingerprint density at radius 3 is 3.04 bits per heavy atom. The number of fused-ring (bicyclic) bond motifs is 1. The second kappa shape index (κ2) is 7.14. The molecule has 2 aromatic rings. The van der Waals surface area contributed by atoms with Crippen LogP contribution in [0.1, 0.15) is 28.0 Å². The van der Waals surface area contributed by atoms with Crippen LogP contribution >= 0.6 is 22.9 Å². The van der Waals surface area contributed by atoms with Crippen molar-refractivity contribution >= 4 is 33.8 Å². The molecule has 0 bridgehead atoms. The van der Waals surface area contributed by atoms with Crippen molar-refractivity contribution in [1.29, 1.82) is 5.26 Å². The molecule has 1 aliphatic heterocycles. The predicted octanol–water partition coefficient (Wildman–Crippen LogP) is 3.49. The van der Waals surface area contributed by atoms with Gasteiger partial charge in [-0.1, -0.05) is 29.8 Å². The molecule has 2 heterocycles. The molecule has 1 amide bonds. The fourth-order valence-corrected chi connectivity index (χ4v) is 4.09. The molecule has 0 aliphatic carbocycles. The number of hydrogen-bond donors (Lipinski definition) is 2. The molecule has 0 fully saturated rings. The lowest BCUT2D eigenvalue weighted by Crippen LogP contribution is -2.22. The summed E-state index contributed by atoms with van der Waals surface area (Å²) in [6.07, 6.45) is 1.76. The summed E-state index contributed by atoms with van der Waals surface area (Å²) < 4.78 is 0.